The second-order valence-electron chi connectivity index (χ2n) is 4.20. The van der Waals surface area contributed by atoms with Crippen LogP contribution in [-0.4, -0.2) is 41.5 Å². The van der Waals surface area contributed by atoms with Gasteiger partial charge in [-0.05, 0) is 37.2 Å². The molecule has 0 saturated heterocycles. The van der Waals surface area contributed by atoms with E-state index in [1.807, 2.05) is 13.8 Å². The van der Waals surface area contributed by atoms with Gasteiger partial charge in [0.1, 0.15) is 0 Å². The van der Waals surface area contributed by atoms with Crippen LogP contribution >= 0.6 is 11.6 Å². The summed E-state index contributed by atoms with van der Waals surface area (Å²) < 4.78 is 0. The van der Waals surface area contributed by atoms with Crippen LogP contribution in [-0.2, 0) is 9.59 Å². The fourth-order valence-corrected chi connectivity index (χ4v) is 1.86. The predicted molar refractivity (Wildman–Crippen MR) is 74.6 cm³/mol. The molecule has 104 valence electrons. The number of anilines is 1. The van der Waals surface area contributed by atoms with Crippen molar-refractivity contribution in [1.29, 1.82) is 0 Å². The first kappa shape index (κ1) is 15.5. The smallest absolute Gasteiger partial charge is 0.317 e. The number of aliphatic carboxylic acids is 1. The molecule has 0 atom stereocenters. The molecule has 0 aromatic heterocycles. The van der Waals surface area contributed by atoms with Gasteiger partial charge in [-0.3, -0.25) is 14.5 Å². The minimum atomic E-state index is -0.947. The van der Waals surface area contributed by atoms with Crippen molar-refractivity contribution in [1.82, 2.24) is 4.90 Å². The monoisotopic (exact) mass is 284 g/mol. The van der Waals surface area contributed by atoms with Crippen LogP contribution in [0.3, 0.4) is 0 Å². The molecule has 0 unspecified atom stereocenters. The summed E-state index contributed by atoms with van der Waals surface area (Å²) in [5, 5.41) is 12.1. The van der Waals surface area contributed by atoms with Gasteiger partial charge < -0.3 is 10.4 Å². The van der Waals surface area contributed by atoms with E-state index in [0.717, 1.165) is 5.56 Å². The number of carbonyl (C=O) groups excluding carboxylic acids is 1. The third-order valence-electron chi connectivity index (χ3n) is 2.64. The van der Waals surface area contributed by atoms with E-state index in [9.17, 15) is 9.59 Å². The first-order chi connectivity index (χ1) is 8.92. The molecule has 19 heavy (non-hydrogen) atoms. The lowest BCUT2D eigenvalue weighted by Crippen LogP contribution is -2.36. The van der Waals surface area contributed by atoms with E-state index in [0.29, 0.717) is 17.3 Å². The zero-order chi connectivity index (χ0) is 14.4. The number of carboxylic acid groups (broad SMARTS) is 1. The highest BCUT2D eigenvalue weighted by atomic mass is 35.5. The predicted octanol–water partition coefficient (Wildman–Crippen LogP) is 1.99. The number of nitrogens with zero attached hydrogens (tertiary/aromatic N) is 1. The van der Waals surface area contributed by atoms with Gasteiger partial charge in [-0.2, -0.15) is 0 Å². The summed E-state index contributed by atoms with van der Waals surface area (Å²) >= 11 is 5.83. The van der Waals surface area contributed by atoms with E-state index in [2.05, 4.69) is 5.32 Å². The minimum absolute atomic E-state index is 0.0465. The molecule has 0 heterocycles. The van der Waals surface area contributed by atoms with Crippen molar-refractivity contribution in [2.24, 2.45) is 0 Å². The first-order valence-electron chi connectivity index (χ1n) is 5.92. The summed E-state index contributed by atoms with van der Waals surface area (Å²) in [4.78, 5) is 24.0. The van der Waals surface area contributed by atoms with E-state index in [4.69, 9.17) is 16.7 Å². The molecular weight excluding hydrogens is 268 g/mol. The Kier molecular flexibility index (Phi) is 5.79. The highest BCUT2D eigenvalue weighted by molar-refractivity contribution is 6.30. The number of halogens is 1. The summed E-state index contributed by atoms with van der Waals surface area (Å²) in [5.41, 5.74) is 1.54. The Morgan fingerprint density at radius 2 is 2.05 bits per heavy atom. The van der Waals surface area contributed by atoms with Crippen LogP contribution in [0.2, 0.25) is 5.02 Å². The number of likely N-dealkylation sites (N-methyl/N-ethyl adjacent to an activating group) is 1. The van der Waals surface area contributed by atoms with Gasteiger partial charge in [-0.1, -0.05) is 18.5 Å². The van der Waals surface area contributed by atoms with Crippen molar-refractivity contribution < 1.29 is 14.7 Å². The molecule has 0 bridgehead atoms. The number of carbonyl (C=O) groups is 2. The summed E-state index contributed by atoms with van der Waals surface area (Å²) in [6, 6.07) is 5.17. The van der Waals surface area contributed by atoms with Gasteiger partial charge in [0.15, 0.2) is 0 Å². The SMILES string of the molecule is CCN(CC(=O)O)CC(=O)Nc1ccc(Cl)cc1C. The zero-order valence-corrected chi connectivity index (χ0v) is 11.7. The molecule has 1 rings (SSSR count). The molecule has 2 N–H and O–H groups in total. The largest absolute Gasteiger partial charge is 0.480 e. The molecule has 0 radical (unpaired) electrons. The Morgan fingerprint density at radius 1 is 1.37 bits per heavy atom. The van der Waals surface area contributed by atoms with Gasteiger partial charge in [0.2, 0.25) is 5.91 Å². The van der Waals surface area contributed by atoms with Gasteiger partial charge in [-0.25, -0.2) is 0 Å². The van der Waals surface area contributed by atoms with Crippen molar-refractivity contribution >= 4 is 29.2 Å². The maximum Gasteiger partial charge on any atom is 0.317 e. The maximum absolute atomic E-state index is 11.8. The quantitative estimate of drug-likeness (QED) is 0.838. The van der Waals surface area contributed by atoms with Gasteiger partial charge >= 0.3 is 5.97 Å². The number of aryl methyl sites for hydroxylation is 1. The lowest BCUT2D eigenvalue weighted by atomic mass is 10.2. The average molecular weight is 285 g/mol. The lowest BCUT2D eigenvalue weighted by molar-refractivity contribution is -0.138. The van der Waals surface area contributed by atoms with Crippen LogP contribution in [0, 0.1) is 6.92 Å². The molecule has 1 amide bonds. The maximum atomic E-state index is 11.8. The topological polar surface area (TPSA) is 69.6 Å². The van der Waals surface area contributed by atoms with Crippen molar-refractivity contribution in [2.45, 2.75) is 13.8 Å². The number of carboxylic acids is 1. The summed E-state index contributed by atoms with van der Waals surface area (Å²) in [5.74, 6) is -1.19. The second kappa shape index (κ2) is 7.11. The lowest BCUT2D eigenvalue weighted by Gasteiger charge is -2.17. The van der Waals surface area contributed by atoms with Crippen LogP contribution in [0.15, 0.2) is 18.2 Å². The molecule has 0 fully saturated rings. The first-order valence-corrected chi connectivity index (χ1v) is 6.30. The molecule has 6 heteroatoms. The van der Waals surface area contributed by atoms with Crippen molar-refractivity contribution in [3.63, 3.8) is 0 Å². The van der Waals surface area contributed by atoms with Gasteiger partial charge in [0, 0.05) is 10.7 Å². The van der Waals surface area contributed by atoms with Crippen LogP contribution in [0.5, 0.6) is 0 Å². The van der Waals surface area contributed by atoms with Crippen molar-refractivity contribution in [2.75, 3.05) is 25.0 Å². The number of amides is 1. The molecule has 1 aromatic rings. The normalized spacial score (nSPS) is 10.5. The van der Waals surface area contributed by atoms with Gasteiger partial charge in [0.05, 0.1) is 13.1 Å². The fraction of sp³-hybridized carbons (Fsp3) is 0.385. The molecule has 0 aliphatic carbocycles. The molecule has 0 saturated carbocycles. The Bertz CT molecular complexity index is 477. The summed E-state index contributed by atoms with van der Waals surface area (Å²) in [6.07, 6.45) is 0. The van der Waals surface area contributed by atoms with E-state index in [-0.39, 0.29) is 19.0 Å². The molecule has 0 aliphatic heterocycles. The standard InChI is InChI=1S/C13H17ClN2O3/c1-3-16(8-13(18)19)7-12(17)15-11-5-4-10(14)6-9(11)2/h4-6H,3,7-8H2,1-2H3,(H,15,17)(H,18,19). The van der Waals surface area contributed by atoms with Crippen LogP contribution in [0.25, 0.3) is 0 Å². The Balaban J connectivity index is 2.61. The highest BCUT2D eigenvalue weighted by Gasteiger charge is 2.13. The Labute approximate surface area is 117 Å². The number of nitrogens with one attached hydrogen (secondary N) is 1. The number of benzene rings is 1. The van der Waals surface area contributed by atoms with Crippen LogP contribution < -0.4 is 5.32 Å². The molecule has 0 aliphatic rings. The number of hydrogen-bond donors (Lipinski definition) is 2. The molecule has 0 spiro atoms. The molecular formula is C13H17ClN2O3. The van der Waals surface area contributed by atoms with Gasteiger partial charge in [-0.15, -0.1) is 0 Å². The number of rotatable bonds is 6. The summed E-state index contributed by atoms with van der Waals surface area (Å²) in [6.45, 7) is 4.05. The van der Waals surface area contributed by atoms with Gasteiger partial charge in [0.25, 0.3) is 0 Å². The van der Waals surface area contributed by atoms with E-state index < -0.39 is 5.97 Å². The number of hydrogen-bond acceptors (Lipinski definition) is 3. The average Bonchev–Trinajstić information content (AvgIpc) is 2.31. The third kappa shape index (κ3) is 5.28. The highest BCUT2D eigenvalue weighted by Crippen LogP contribution is 2.19. The van der Waals surface area contributed by atoms with Crippen molar-refractivity contribution in [3.8, 4) is 0 Å². The van der Waals surface area contributed by atoms with Crippen LogP contribution in [0.4, 0.5) is 5.69 Å². The van der Waals surface area contributed by atoms with E-state index >= 15 is 0 Å². The second-order valence-corrected chi connectivity index (χ2v) is 4.64. The molecule has 1 aromatic carbocycles. The minimum Gasteiger partial charge on any atom is -0.480 e. The third-order valence-corrected chi connectivity index (χ3v) is 2.87. The fourth-order valence-electron chi connectivity index (χ4n) is 1.63. The van der Waals surface area contributed by atoms with E-state index in [1.165, 1.54) is 0 Å². The molecule has 5 nitrogen and oxygen atoms in total. The van der Waals surface area contributed by atoms with Crippen LogP contribution in [0.1, 0.15) is 12.5 Å². The Hall–Kier alpha value is -1.59. The summed E-state index contributed by atoms with van der Waals surface area (Å²) in [7, 11) is 0. The van der Waals surface area contributed by atoms with Crippen molar-refractivity contribution in [3.05, 3.63) is 28.8 Å². The Morgan fingerprint density at radius 3 is 2.58 bits per heavy atom. The zero-order valence-electron chi connectivity index (χ0n) is 10.9. The van der Waals surface area contributed by atoms with E-state index in [1.54, 1.807) is 23.1 Å².